The van der Waals surface area contributed by atoms with Gasteiger partial charge in [0.1, 0.15) is 5.75 Å². The predicted octanol–water partition coefficient (Wildman–Crippen LogP) is 5.52. The Bertz CT molecular complexity index is 1210. The van der Waals surface area contributed by atoms with Crippen LogP contribution in [0.2, 0.25) is 0 Å². The first kappa shape index (κ1) is 21.5. The van der Waals surface area contributed by atoms with E-state index in [1.54, 1.807) is 7.11 Å². The summed E-state index contributed by atoms with van der Waals surface area (Å²) in [4.78, 5) is 29.4. The van der Waals surface area contributed by atoms with Crippen molar-refractivity contribution in [1.29, 1.82) is 0 Å². The van der Waals surface area contributed by atoms with Gasteiger partial charge in [0.15, 0.2) is 0 Å². The summed E-state index contributed by atoms with van der Waals surface area (Å²) in [5.41, 5.74) is 5.63. The molecule has 2 heterocycles. The number of amides is 2. The van der Waals surface area contributed by atoms with Crippen molar-refractivity contribution in [2.45, 2.75) is 46.1 Å². The monoisotopic (exact) mass is 456 g/mol. The molecule has 2 fully saturated rings. The largest absolute Gasteiger partial charge is 0.497 e. The molecule has 34 heavy (non-hydrogen) atoms. The number of methoxy groups -OCH3 is 1. The van der Waals surface area contributed by atoms with E-state index in [9.17, 15) is 9.59 Å². The van der Waals surface area contributed by atoms with Crippen LogP contribution in [0.25, 0.3) is 5.57 Å². The van der Waals surface area contributed by atoms with E-state index in [2.05, 4.69) is 32.2 Å². The number of carbonyl (C=O) groups excluding carboxylic acids is 2. The highest BCUT2D eigenvalue weighted by molar-refractivity contribution is 6.23. The van der Waals surface area contributed by atoms with Crippen LogP contribution in [0.5, 0.6) is 5.75 Å². The van der Waals surface area contributed by atoms with Crippen LogP contribution in [0.1, 0.15) is 45.6 Å². The maximum Gasteiger partial charge on any atom is 0.240 e. The molecule has 5 atom stereocenters. The number of hydrogen-bond donors (Lipinski definition) is 1. The number of hydrogen-bond acceptors (Lipinski definition) is 4. The third-order valence-electron chi connectivity index (χ3n) is 8.66. The average Bonchev–Trinajstić information content (AvgIpc) is 3.33. The minimum atomic E-state index is -0.395. The van der Waals surface area contributed by atoms with Gasteiger partial charge in [0, 0.05) is 11.3 Å². The Labute approximate surface area is 201 Å². The van der Waals surface area contributed by atoms with Gasteiger partial charge in [-0.05, 0) is 72.4 Å². The molecular formula is C29H32N2O3. The molecule has 2 aliphatic carbocycles. The molecule has 1 N–H and O–H groups in total. The lowest BCUT2D eigenvalue weighted by Crippen LogP contribution is -2.45. The molecule has 2 aliphatic heterocycles. The lowest BCUT2D eigenvalue weighted by molar-refractivity contribution is -0.123. The van der Waals surface area contributed by atoms with E-state index < -0.39 is 5.92 Å². The van der Waals surface area contributed by atoms with Gasteiger partial charge in [0.05, 0.1) is 30.7 Å². The van der Waals surface area contributed by atoms with Crippen molar-refractivity contribution in [1.82, 2.24) is 0 Å². The maximum absolute atomic E-state index is 14.0. The zero-order valence-corrected chi connectivity index (χ0v) is 20.3. The molecule has 0 bridgehead atoms. The molecule has 2 unspecified atom stereocenters. The highest BCUT2D eigenvalue weighted by atomic mass is 16.5. The van der Waals surface area contributed by atoms with Crippen LogP contribution >= 0.6 is 0 Å². The van der Waals surface area contributed by atoms with E-state index in [0.717, 1.165) is 36.3 Å². The molecule has 1 saturated carbocycles. The third-order valence-corrected chi connectivity index (χ3v) is 8.66. The number of carbonyl (C=O) groups is 2. The quantitative estimate of drug-likeness (QED) is 0.604. The van der Waals surface area contributed by atoms with Crippen molar-refractivity contribution < 1.29 is 14.3 Å². The molecule has 2 aromatic rings. The van der Waals surface area contributed by atoms with Crippen LogP contribution in [0.4, 0.5) is 11.4 Å². The normalized spacial score (nSPS) is 29.9. The van der Waals surface area contributed by atoms with Crippen LogP contribution < -0.4 is 15.0 Å². The third kappa shape index (κ3) is 2.98. The smallest absolute Gasteiger partial charge is 0.240 e. The molecule has 1 saturated heterocycles. The number of nitrogens with one attached hydrogen (secondary N) is 1. The van der Waals surface area contributed by atoms with Crippen molar-refractivity contribution in [3.8, 4) is 5.75 Å². The Balaban J connectivity index is 1.51. The number of para-hydroxylation sites is 1. The molecule has 5 heteroatoms. The summed E-state index contributed by atoms with van der Waals surface area (Å²) in [5, 5.41) is 3.64. The molecule has 0 aromatic heterocycles. The summed E-state index contributed by atoms with van der Waals surface area (Å²) >= 11 is 0. The van der Waals surface area contributed by atoms with Crippen molar-refractivity contribution in [3.05, 3.63) is 59.7 Å². The number of anilines is 2. The standard InChI is InChI=1S/C29H32N2O3/c1-29(2,3)16-10-12-19-20(14-16)24-25(28(33)31(27(24)32)17-8-6-5-7-9-17)26-23(19)21-15-18(34-4)11-13-22(21)30-26/h5-9,11,13,15-16,20,24-26,30H,10,12,14H2,1-4H3/t16?,20-,24-,25-,26?/m1/s1. The van der Waals surface area contributed by atoms with Gasteiger partial charge in [-0.15, -0.1) is 0 Å². The van der Waals surface area contributed by atoms with Crippen LogP contribution in [0.3, 0.4) is 0 Å². The molecule has 0 spiro atoms. The van der Waals surface area contributed by atoms with Crippen LogP contribution in [0.15, 0.2) is 54.1 Å². The molecule has 176 valence electrons. The first-order valence-electron chi connectivity index (χ1n) is 12.4. The summed E-state index contributed by atoms with van der Waals surface area (Å²) < 4.78 is 5.54. The van der Waals surface area contributed by atoms with Crippen molar-refractivity contribution in [2.75, 3.05) is 17.3 Å². The topological polar surface area (TPSA) is 58.6 Å². The summed E-state index contributed by atoms with van der Waals surface area (Å²) in [7, 11) is 1.69. The predicted molar refractivity (Wildman–Crippen MR) is 134 cm³/mol. The summed E-state index contributed by atoms with van der Waals surface area (Å²) in [6, 6.07) is 15.3. The van der Waals surface area contributed by atoms with Crippen LogP contribution in [-0.4, -0.2) is 25.0 Å². The lowest BCUT2D eigenvalue weighted by Gasteiger charge is -2.46. The zero-order valence-electron chi connectivity index (χ0n) is 20.3. The van der Waals surface area contributed by atoms with Gasteiger partial charge < -0.3 is 10.1 Å². The Morgan fingerprint density at radius 1 is 1.00 bits per heavy atom. The number of nitrogens with zero attached hydrogens (tertiary/aromatic N) is 1. The van der Waals surface area contributed by atoms with Crippen LogP contribution in [0, 0.1) is 29.1 Å². The van der Waals surface area contributed by atoms with Crippen molar-refractivity contribution >= 4 is 28.8 Å². The molecular weight excluding hydrogens is 424 g/mol. The summed E-state index contributed by atoms with van der Waals surface area (Å²) in [5.74, 6) is 0.612. The van der Waals surface area contributed by atoms with E-state index in [1.807, 2.05) is 42.5 Å². The van der Waals surface area contributed by atoms with E-state index in [1.165, 1.54) is 16.0 Å². The second kappa shape index (κ2) is 7.46. The van der Waals surface area contributed by atoms with E-state index in [4.69, 9.17) is 4.74 Å². The minimum absolute atomic E-state index is 0.0346. The molecule has 2 aromatic carbocycles. The molecule has 2 amide bonds. The molecule has 4 aliphatic rings. The number of imide groups is 1. The summed E-state index contributed by atoms with van der Waals surface area (Å²) in [6.45, 7) is 6.90. The second-order valence-electron chi connectivity index (χ2n) is 11.3. The molecule has 5 nitrogen and oxygen atoms in total. The van der Waals surface area contributed by atoms with Gasteiger partial charge in [0.2, 0.25) is 11.8 Å². The van der Waals surface area contributed by atoms with Gasteiger partial charge in [-0.1, -0.05) is 44.5 Å². The highest BCUT2D eigenvalue weighted by Crippen LogP contribution is 2.59. The number of benzene rings is 2. The minimum Gasteiger partial charge on any atom is -0.497 e. The fourth-order valence-electron chi connectivity index (χ4n) is 6.93. The number of allylic oxidation sites excluding steroid dienone is 1. The number of ether oxygens (including phenoxy) is 1. The first-order valence-corrected chi connectivity index (χ1v) is 12.4. The SMILES string of the molecule is COc1ccc2c(c1)C1=C3CCC(C(C)(C)C)C[C@H]3[C@H]3C(=O)N(c4ccccc4)C(=O)[C@H]3C1N2. The van der Waals surface area contributed by atoms with Gasteiger partial charge in [0.25, 0.3) is 0 Å². The maximum atomic E-state index is 14.0. The van der Waals surface area contributed by atoms with Gasteiger partial charge in [-0.3, -0.25) is 9.59 Å². The van der Waals surface area contributed by atoms with E-state index in [0.29, 0.717) is 11.6 Å². The van der Waals surface area contributed by atoms with Crippen molar-refractivity contribution in [3.63, 3.8) is 0 Å². The fraction of sp³-hybridized carbons (Fsp3) is 0.448. The Kier molecular flexibility index (Phi) is 4.71. The summed E-state index contributed by atoms with van der Waals surface area (Å²) in [6.07, 6.45) is 3.05. The average molecular weight is 457 g/mol. The fourth-order valence-corrected chi connectivity index (χ4v) is 6.93. The number of rotatable bonds is 2. The Morgan fingerprint density at radius 3 is 2.44 bits per heavy atom. The lowest BCUT2D eigenvalue weighted by atomic mass is 9.58. The van der Waals surface area contributed by atoms with Gasteiger partial charge in [-0.25, -0.2) is 4.90 Å². The van der Waals surface area contributed by atoms with Gasteiger partial charge in [-0.2, -0.15) is 0 Å². The number of fused-ring (bicyclic) bond motifs is 7. The molecule has 6 rings (SSSR count). The first-order chi connectivity index (χ1) is 16.3. The van der Waals surface area contributed by atoms with Crippen molar-refractivity contribution in [2.24, 2.45) is 29.1 Å². The zero-order chi connectivity index (χ0) is 23.8. The second-order valence-corrected chi connectivity index (χ2v) is 11.3. The van der Waals surface area contributed by atoms with E-state index in [-0.39, 0.29) is 35.1 Å². The Hall–Kier alpha value is -3.08. The van der Waals surface area contributed by atoms with E-state index >= 15 is 0 Å². The Morgan fingerprint density at radius 2 is 1.74 bits per heavy atom. The highest BCUT2D eigenvalue weighted by Gasteiger charge is 2.61. The molecule has 0 radical (unpaired) electrons. The van der Waals surface area contributed by atoms with Crippen LogP contribution in [-0.2, 0) is 9.59 Å². The van der Waals surface area contributed by atoms with Gasteiger partial charge >= 0.3 is 0 Å².